The van der Waals surface area contributed by atoms with Crippen molar-refractivity contribution in [2.75, 3.05) is 29.3 Å². The van der Waals surface area contributed by atoms with Crippen molar-refractivity contribution in [3.05, 3.63) is 130 Å². The molecule has 0 saturated carbocycles. The van der Waals surface area contributed by atoms with Gasteiger partial charge in [-0.1, -0.05) is 50.2 Å². The van der Waals surface area contributed by atoms with Crippen LogP contribution in [0.1, 0.15) is 120 Å². The lowest BCUT2D eigenvalue weighted by atomic mass is 9.98. The molecule has 0 radical (unpaired) electrons. The van der Waals surface area contributed by atoms with Crippen molar-refractivity contribution in [1.29, 1.82) is 0 Å². The van der Waals surface area contributed by atoms with Crippen LogP contribution in [-0.4, -0.2) is 82.2 Å². The largest absolute Gasteiger partial charge is 0.493 e. The lowest BCUT2D eigenvalue weighted by molar-refractivity contribution is -0.197. The highest BCUT2D eigenvalue weighted by Gasteiger charge is 2.39. The van der Waals surface area contributed by atoms with Gasteiger partial charge in [-0.25, -0.2) is 4.79 Å². The van der Waals surface area contributed by atoms with Gasteiger partial charge in [0.25, 0.3) is 23.6 Å². The van der Waals surface area contributed by atoms with Gasteiger partial charge in [0.2, 0.25) is 0 Å². The zero-order valence-electron chi connectivity index (χ0n) is 41.6. The minimum Gasteiger partial charge on any atom is -0.493 e. The molecule has 5 aliphatic heterocycles. The number of benzene rings is 4. The number of aromatic nitrogens is 1. The summed E-state index contributed by atoms with van der Waals surface area (Å²) in [6.45, 7) is 6.98. The maximum absolute atomic E-state index is 14.1. The van der Waals surface area contributed by atoms with E-state index in [9.17, 15) is 24.0 Å². The van der Waals surface area contributed by atoms with E-state index in [-0.39, 0.29) is 61.1 Å². The summed E-state index contributed by atoms with van der Waals surface area (Å²) in [5, 5.41) is 0.595. The number of pyridine rings is 1. The summed E-state index contributed by atoms with van der Waals surface area (Å²) in [6.07, 6.45) is 8.26. The number of nitrogens with zero attached hydrogens (tertiary/aromatic N) is 5. The SMILES string of the molecule is COc1cc2c(cc1OCc1cc(OCCCC(C)(C)SCCCCC(=O)ON3C(=O)CCC3=O)cc(COc3cc4c(cc3C)C(=O)N3c5ccccc5CC3CC4)n1)N=C[C@@H]1Cc3ccccc3N1C2=O. The number of thioether (sulfide) groups is 1. The average Bonchev–Trinajstić information content (AvgIpc) is 4.00. The monoisotopic (exact) mass is 1010 g/mol. The molecule has 4 amide bonds. The molecule has 4 aromatic carbocycles. The van der Waals surface area contributed by atoms with Crippen molar-refractivity contribution in [3.63, 3.8) is 0 Å². The first kappa shape index (κ1) is 49.4. The number of anilines is 2. The van der Waals surface area contributed by atoms with Crippen LogP contribution >= 0.6 is 11.8 Å². The summed E-state index contributed by atoms with van der Waals surface area (Å²) in [4.78, 5) is 82.5. The smallest absolute Gasteiger partial charge is 0.333 e. The van der Waals surface area contributed by atoms with E-state index in [0.717, 1.165) is 72.3 Å². The lowest BCUT2D eigenvalue weighted by Gasteiger charge is -2.24. The van der Waals surface area contributed by atoms with E-state index in [4.69, 9.17) is 33.8 Å². The Hall–Kier alpha value is -7.20. The number of methoxy groups -OCH3 is 1. The second kappa shape index (κ2) is 21.1. The van der Waals surface area contributed by atoms with Gasteiger partial charge in [0, 0.05) is 77.8 Å². The molecule has 1 unspecified atom stereocenters. The van der Waals surface area contributed by atoms with Gasteiger partial charge in [-0.15, -0.1) is 5.06 Å². The number of rotatable bonds is 19. The molecule has 10 rings (SSSR count). The van der Waals surface area contributed by atoms with Crippen molar-refractivity contribution in [2.45, 2.75) is 121 Å². The summed E-state index contributed by atoms with van der Waals surface area (Å²) < 4.78 is 25.1. The number of para-hydroxylation sites is 2. The summed E-state index contributed by atoms with van der Waals surface area (Å²) in [5.74, 6) is 1.27. The number of carbonyl (C=O) groups is 5. The molecule has 0 bridgehead atoms. The fourth-order valence-electron chi connectivity index (χ4n) is 10.3. The molecule has 5 aromatic rings. The first-order valence-corrected chi connectivity index (χ1v) is 26.1. The zero-order chi connectivity index (χ0) is 50.8. The van der Waals surface area contributed by atoms with Crippen molar-refractivity contribution < 1.29 is 47.8 Å². The Balaban J connectivity index is 0.809. The van der Waals surface area contributed by atoms with Crippen LogP contribution < -0.4 is 28.7 Å². The third kappa shape index (κ3) is 10.7. The van der Waals surface area contributed by atoms with E-state index >= 15 is 0 Å². The first-order valence-electron chi connectivity index (χ1n) is 25.1. The Bertz CT molecular complexity index is 3010. The Morgan fingerprint density at radius 2 is 1.41 bits per heavy atom. The van der Waals surface area contributed by atoms with Gasteiger partial charge in [-0.05, 0) is 110 Å². The van der Waals surface area contributed by atoms with E-state index in [0.29, 0.717) is 75.7 Å². The minimum absolute atomic E-state index is 0.0265. The molecular formula is C57H59N5O10S. The summed E-state index contributed by atoms with van der Waals surface area (Å²) >= 11 is 1.82. The third-order valence-corrected chi connectivity index (χ3v) is 15.6. The van der Waals surface area contributed by atoms with E-state index < -0.39 is 17.8 Å². The summed E-state index contributed by atoms with van der Waals surface area (Å²) in [5.41, 5.74) is 8.86. The molecule has 73 heavy (non-hydrogen) atoms. The molecule has 5 aliphatic rings. The number of amides is 4. The molecule has 0 aliphatic carbocycles. The standard InChI is InChI=1S/C57H59N5O10S/c1-35-24-44-36(17-18-41-25-37-12-5-7-14-47(37)60(41)55(44)66)27-49(35)70-33-39-28-43(69-22-11-21-57(2,3)73-23-10-9-16-54(65)72-62-52(63)19-20-53(62)64)29-40(59-39)34-71-51-31-46-45(30-50(51)68-4)56(67)61-42(32-58-46)26-38-13-6-8-15-48(38)61/h5-8,12-15,24,27-32,41-42H,9-11,16-23,25-26,33-34H2,1-4H3/t41?,42-/m0/s1. The highest BCUT2D eigenvalue weighted by atomic mass is 32.2. The maximum Gasteiger partial charge on any atom is 0.333 e. The Kier molecular flexibility index (Phi) is 14.3. The van der Waals surface area contributed by atoms with Crippen LogP contribution in [-0.2, 0) is 51.7 Å². The highest BCUT2D eigenvalue weighted by Crippen LogP contribution is 2.42. The molecule has 1 fully saturated rings. The number of ether oxygens (including phenoxy) is 4. The van der Waals surface area contributed by atoms with Gasteiger partial charge < -0.3 is 28.7 Å². The average molecular weight is 1010 g/mol. The molecule has 15 nitrogen and oxygen atoms in total. The quantitative estimate of drug-likeness (QED) is 0.0569. The number of fused-ring (bicyclic) bond motifs is 8. The number of hydroxylamine groups is 2. The molecule has 0 spiro atoms. The van der Waals surface area contributed by atoms with Gasteiger partial charge in [-0.3, -0.25) is 34.1 Å². The predicted octanol–water partition coefficient (Wildman–Crippen LogP) is 9.81. The third-order valence-electron chi connectivity index (χ3n) is 14.1. The van der Waals surface area contributed by atoms with Crippen LogP contribution in [0.5, 0.6) is 23.0 Å². The number of carbonyl (C=O) groups excluding carboxylic acids is 5. The Labute approximate surface area is 429 Å². The molecule has 2 atom stereocenters. The van der Waals surface area contributed by atoms with Crippen LogP contribution in [0.4, 0.5) is 17.1 Å². The number of imide groups is 1. The molecule has 378 valence electrons. The van der Waals surface area contributed by atoms with Crippen LogP contribution in [0.3, 0.4) is 0 Å². The van der Waals surface area contributed by atoms with Crippen LogP contribution in [0, 0.1) is 6.92 Å². The Morgan fingerprint density at radius 1 is 0.726 bits per heavy atom. The van der Waals surface area contributed by atoms with Gasteiger partial charge in [0.1, 0.15) is 24.7 Å². The van der Waals surface area contributed by atoms with Crippen LogP contribution in [0.15, 0.2) is 89.9 Å². The molecule has 0 N–H and O–H groups in total. The highest BCUT2D eigenvalue weighted by molar-refractivity contribution is 8.00. The van der Waals surface area contributed by atoms with Crippen molar-refractivity contribution >= 4 is 64.6 Å². The van der Waals surface area contributed by atoms with Crippen molar-refractivity contribution in [3.8, 4) is 23.0 Å². The van der Waals surface area contributed by atoms with E-state index in [1.807, 2.05) is 96.5 Å². The minimum atomic E-state index is -0.576. The maximum atomic E-state index is 14.1. The van der Waals surface area contributed by atoms with Gasteiger partial charge >= 0.3 is 5.97 Å². The second-order valence-electron chi connectivity index (χ2n) is 19.8. The normalized spacial score (nSPS) is 17.6. The predicted molar refractivity (Wildman–Crippen MR) is 277 cm³/mol. The van der Waals surface area contributed by atoms with Gasteiger partial charge in [0.05, 0.1) is 42.4 Å². The number of aryl methyl sites for hydroxylation is 2. The molecule has 1 saturated heterocycles. The number of hydrogen-bond donors (Lipinski definition) is 0. The molecular weight excluding hydrogens is 947 g/mol. The zero-order valence-corrected chi connectivity index (χ0v) is 42.5. The van der Waals surface area contributed by atoms with E-state index in [2.05, 4.69) is 19.9 Å². The number of hydrogen-bond acceptors (Lipinski definition) is 13. The molecule has 6 heterocycles. The second-order valence-corrected chi connectivity index (χ2v) is 21.6. The van der Waals surface area contributed by atoms with E-state index in [1.54, 1.807) is 24.1 Å². The van der Waals surface area contributed by atoms with Crippen LogP contribution in [0.2, 0.25) is 0 Å². The Morgan fingerprint density at radius 3 is 2.15 bits per heavy atom. The molecule has 1 aromatic heterocycles. The fourth-order valence-corrected chi connectivity index (χ4v) is 11.5. The summed E-state index contributed by atoms with van der Waals surface area (Å²) in [7, 11) is 1.54. The number of unbranched alkanes of at least 4 members (excludes halogenated alkanes) is 1. The van der Waals surface area contributed by atoms with Crippen molar-refractivity contribution in [2.24, 2.45) is 4.99 Å². The number of aliphatic imine (C=N–C) groups is 1. The van der Waals surface area contributed by atoms with Crippen molar-refractivity contribution in [1.82, 2.24) is 10.0 Å². The van der Waals surface area contributed by atoms with Crippen LogP contribution in [0.25, 0.3) is 0 Å². The van der Waals surface area contributed by atoms with E-state index in [1.165, 1.54) is 5.56 Å². The molecule has 16 heteroatoms. The van der Waals surface area contributed by atoms with Gasteiger partial charge in [0.15, 0.2) is 11.5 Å². The fraction of sp³-hybridized carbons (Fsp3) is 0.386. The lowest BCUT2D eigenvalue weighted by Crippen LogP contribution is -2.37. The topological polar surface area (TPSA) is 166 Å². The van der Waals surface area contributed by atoms with Gasteiger partial charge in [-0.2, -0.15) is 11.8 Å². The summed E-state index contributed by atoms with van der Waals surface area (Å²) in [6, 6.07) is 27.2. The first-order chi connectivity index (χ1) is 35.3.